The number of nitrogens with one attached hydrogen (secondary N) is 1. The number of rotatable bonds is 4. The fraction of sp³-hybridized carbons (Fsp3) is 0.700. The van der Waals surface area contributed by atoms with Crippen molar-refractivity contribution in [3.63, 3.8) is 0 Å². The van der Waals surface area contributed by atoms with Crippen LogP contribution in [0.15, 0.2) is 12.4 Å². The average Bonchev–Trinajstić information content (AvgIpc) is 2.73. The molecule has 1 aliphatic rings. The quantitative estimate of drug-likeness (QED) is 0.556. The van der Waals surface area contributed by atoms with Gasteiger partial charge < -0.3 is 0 Å². The molecule has 2 rings (SSSR count). The van der Waals surface area contributed by atoms with Crippen LogP contribution in [0.25, 0.3) is 0 Å². The van der Waals surface area contributed by atoms with Crippen molar-refractivity contribution in [3.05, 3.63) is 18.0 Å². The molecule has 14 heavy (non-hydrogen) atoms. The predicted molar refractivity (Wildman–Crippen MR) is 55.2 cm³/mol. The van der Waals surface area contributed by atoms with Gasteiger partial charge in [0, 0.05) is 18.3 Å². The summed E-state index contributed by atoms with van der Waals surface area (Å²) in [6.07, 6.45) is 5.26. The summed E-state index contributed by atoms with van der Waals surface area (Å²) in [5, 5.41) is 4.26. The van der Waals surface area contributed by atoms with Crippen molar-refractivity contribution < 1.29 is 0 Å². The van der Waals surface area contributed by atoms with Gasteiger partial charge in [-0.2, -0.15) is 5.10 Å². The van der Waals surface area contributed by atoms with Crippen LogP contribution in [0, 0.1) is 11.8 Å². The molecular formula is C10H18N4. The molecule has 0 spiro atoms. The molecule has 1 fully saturated rings. The van der Waals surface area contributed by atoms with Gasteiger partial charge in [0.25, 0.3) is 0 Å². The van der Waals surface area contributed by atoms with Crippen LogP contribution >= 0.6 is 0 Å². The first-order valence-corrected chi connectivity index (χ1v) is 5.24. The third kappa shape index (κ3) is 1.67. The van der Waals surface area contributed by atoms with E-state index < -0.39 is 0 Å². The molecule has 0 radical (unpaired) electrons. The maximum atomic E-state index is 5.57. The smallest absolute Gasteiger partial charge is 0.0538 e. The van der Waals surface area contributed by atoms with E-state index in [1.165, 1.54) is 12.0 Å². The van der Waals surface area contributed by atoms with Gasteiger partial charge in [-0.3, -0.25) is 16.0 Å². The highest BCUT2D eigenvalue weighted by Gasteiger charge is 2.40. The molecule has 0 saturated heterocycles. The van der Waals surface area contributed by atoms with Crippen LogP contribution in [0.5, 0.6) is 0 Å². The molecule has 4 heteroatoms. The van der Waals surface area contributed by atoms with Crippen LogP contribution in [0.2, 0.25) is 0 Å². The van der Waals surface area contributed by atoms with Crippen molar-refractivity contribution in [2.45, 2.75) is 32.9 Å². The predicted octanol–water partition coefficient (Wildman–Crippen LogP) is 1.06. The normalized spacial score (nSPS) is 27.6. The number of aryl methyl sites for hydroxylation is 1. The molecule has 3 unspecified atom stereocenters. The Morgan fingerprint density at radius 2 is 2.50 bits per heavy atom. The number of hydrogen-bond donors (Lipinski definition) is 2. The summed E-state index contributed by atoms with van der Waals surface area (Å²) in [5.41, 5.74) is 4.11. The molecule has 0 aromatic carbocycles. The topological polar surface area (TPSA) is 55.9 Å². The van der Waals surface area contributed by atoms with Crippen LogP contribution in [-0.2, 0) is 6.54 Å². The van der Waals surface area contributed by atoms with Crippen LogP contribution in [0.4, 0.5) is 0 Å². The lowest BCUT2D eigenvalue weighted by Crippen LogP contribution is -2.29. The minimum Gasteiger partial charge on any atom is -0.273 e. The maximum absolute atomic E-state index is 5.57. The first kappa shape index (κ1) is 9.68. The summed E-state index contributed by atoms with van der Waals surface area (Å²) in [6, 6.07) is 0.283. The molecule has 3 atom stereocenters. The molecule has 3 N–H and O–H groups in total. The van der Waals surface area contributed by atoms with Gasteiger partial charge in [0.2, 0.25) is 0 Å². The monoisotopic (exact) mass is 194 g/mol. The van der Waals surface area contributed by atoms with Gasteiger partial charge in [-0.05, 0) is 25.2 Å². The second-order valence-electron chi connectivity index (χ2n) is 4.15. The molecule has 1 aromatic rings. The van der Waals surface area contributed by atoms with Crippen molar-refractivity contribution in [2.75, 3.05) is 0 Å². The number of aromatic nitrogens is 2. The molecule has 0 bridgehead atoms. The highest BCUT2D eigenvalue weighted by atomic mass is 15.3. The number of hydrogen-bond acceptors (Lipinski definition) is 3. The zero-order chi connectivity index (χ0) is 10.1. The van der Waals surface area contributed by atoms with Gasteiger partial charge in [-0.1, -0.05) is 6.92 Å². The maximum Gasteiger partial charge on any atom is 0.0538 e. The van der Waals surface area contributed by atoms with Gasteiger partial charge in [0.1, 0.15) is 0 Å². The summed E-state index contributed by atoms with van der Waals surface area (Å²) >= 11 is 0. The van der Waals surface area contributed by atoms with E-state index in [1.807, 2.05) is 10.9 Å². The first-order chi connectivity index (χ1) is 6.76. The summed E-state index contributed by atoms with van der Waals surface area (Å²) in [6.45, 7) is 5.26. The van der Waals surface area contributed by atoms with E-state index in [0.717, 1.165) is 12.5 Å². The molecular weight excluding hydrogens is 176 g/mol. The third-order valence-corrected chi connectivity index (χ3v) is 3.12. The lowest BCUT2D eigenvalue weighted by Gasteiger charge is -2.12. The van der Waals surface area contributed by atoms with Crippen LogP contribution < -0.4 is 11.3 Å². The Morgan fingerprint density at radius 3 is 2.93 bits per heavy atom. The van der Waals surface area contributed by atoms with Gasteiger partial charge in [-0.25, -0.2) is 0 Å². The van der Waals surface area contributed by atoms with E-state index in [9.17, 15) is 0 Å². The Hall–Kier alpha value is -0.870. The van der Waals surface area contributed by atoms with Crippen LogP contribution in [-0.4, -0.2) is 9.78 Å². The first-order valence-electron chi connectivity index (χ1n) is 5.24. The Balaban J connectivity index is 2.11. The van der Waals surface area contributed by atoms with E-state index in [0.29, 0.717) is 5.92 Å². The summed E-state index contributed by atoms with van der Waals surface area (Å²) in [4.78, 5) is 0. The minimum atomic E-state index is 0.283. The van der Waals surface area contributed by atoms with Gasteiger partial charge in [0.15, 0.2) is 0 Å². The Bertz CT molecular complexity index is 307. The molecule has 0 amide bonds. The minimum absolute atomic E-state index is 0.283. The second-order valence-corrected chi connectivity index (χ2v) is 4.15. The molecule has 1 aromatic heterocycles. The summed E-state index contributed by atoms with van der Waals surface area (Å²) in [5.74, 6) is 7.05. The Kier molecular flexibility index (Phi) is 2.56. The summed E-state index contributed by atoms with van der Waals surface area (Å²) < 4.78 is 1.94. The van der Waals surface area contributed by atoms with Crippen molar-refractivity contribution in [1.82, 2.24) is 15.2 Å². The third-order valence-electron chi connectivity index (χ3n) is 3.12. The lowest BCUT2D eigenvalue weighted by molar-refractivity contribution is 0.475. The number of hydrazine groups is 1. The van der Waals surface area contributed by atoms with Gasteiger partial charge in [0.05, 0.1) is 12.2 Å². The fourth-order valence-corrected chi connectivity index (χ4v) is 2.00. The highest BCUT2D eigenvalue weighted by Crippen LogP contribution is 2.46. The van der Waals surface area contributed by atoms with Crippen molar-refractivity contribution in [1.29, 1.82) is 0 Å². The van der Waals surface area contributed by atoms with E-state index in [4.69, 9.17) is 5.84 Å². The van der Waals surface area contributed by atoms with Crippen LogP contribution in [0.1, 0.15) is 31.9 Å². The number of nitrogens with two attached hydrogens (primary N) is 1. The molecule has 4 nitrogen and oxygen atoms in total. The van der Waals surface area contributed by atoms with Gasteiger partial charge in [-0.15, -0.1) is 0 Å². The van der Waals surface area contributed by atoms with Crippen molar-refractivity contribution in [3.8, 4) is 0 Å². The van der Waals surface area contributed by atoms with E-state index in [-0.39, 0.29) is 6.04 Å². The zero-order valence-corrected chi connectivity index (χ0v) is 8.77. The van der Waals surface area contributed by atoms with Gasteiger partial charge >= 0.3 is 0 Å². The van der Waals surface area contributed by atoms with E-state index >= 15 is 0 Å². The zero-order valence-electron chi connectivity index (χ0n) is 8.77. The largest absolute Gasteiger partial charge is 0.273 e. The molecule has 0 aliphatic heterocycles. The summed E-state index contributed by atoms with van der Waals surface area (Å²) in [7, 11) is 0. The molecule has 1 saturated carbocycles. The van der Waals surface area contributed by atoms with Crippen molar-refractivity contribution >= 4 is 0 Å². The van der Waals surface area contributed by atoms with E-state index in [2.05, 4.69) is 30.6 Å². The lowest BCUT2D eigenvalue weighted by atomic mass is 10.1. The second kappa shape index (κ2) is 3.71. The fourth-order valence-electron chi connectivity index (χ4n) is 2.00. The average molecular weight is 194 g/mol. The molecule has 1 aliphatic carbocycles. The van der Waals surface area contributed by atoms with Crippen LogP contribution in [0.3, 0.4) is 0 Å². The van der Waals surface area contributed by atoms with Crippen molar-refractivity contribution in [2.24, 2.45) is 17.7 Å². The molecule has 78 valence electrons. The standard InChI is InChI=1S/C10H18N4/c1-3-14-6-8(5-12-14)10(13-11)9-4-7(9)2/h5-7,9-10,13H,3-4,11H2,1-2H3. The number of nitrogens with zero attached hydrogens (tertiary/aromatic N) is 2. The van der Waals surface area contributed by atoms with E-state index in [1.54, 1.807) is 0 Å². The Labute approximate surface area is 84.4 Å². The SMILES string of the molecule is CCn1cc(C(NN)C2CC2C)cn1. The Morgan fingerprint density at radius 1 is 1.79 bits per heavy atom. The highest BCUT2D eigenvalue weighted by molar-refractivity contribution is 5.14. The molecule has 1 heterocycles.